The summed E-state index contributed by atoms with van der Waals surface area (Å²) >= 11 is 0. The Balaban J connectivity index is 1.27. The molecule has 3 aromatic carbocycles. The lowest BCUT2D eigenvalue weighted by Crippen LogP contribution is -2.31. The zero-order chi connectivity index (χ0) is 24.6. The van der Waals surface area contributed by atoms with Gasteiger partial charge < -0.3 is 14.7 Å². The third-order valence-corrected chi connectivity index (χ3v) is 6.68. The van der Waals surface area contributed by atoms with Gasteiger partial charge in [-0.3, -0.25) is 15.0 Å². The number of benzene rings is 3. The molecule has 0 spiro atoms. The molecule has 0 radical (unpaired) electrons. The van der Waals surface area contributed by atoms with Gasteiger partial charge >= 0.3 is 6.09 Å². The predicted octanol–water partition coefficient (Wildman–Crippen LogP) is 6.09. The lowest BCUT2D eigenvalue weighted by atomic mass is 10.0. The first-order chi connectivity index (χ1) is 17.6. The summed E-state index contributed by atoms with van der Waals surface area (Å²) in [7, 11) is 0. The SMILES string of the molecule is O=C(OCc1ccccc1)N1CCCC1c1nc2ccc(-c3cc([N+](=O)[O-])c4[nH]ccc4c3)cc2[nH]1. The number of ether oxygens (including phenoxy) is 1. The Morgan fingerprint density at radius 3 is 2.81 bits per heavy atom. The van der Waals surface area contributed by atoms with Crippen molar-refractivity contribution in [1.29, 1.82) is 0 Å². The highest BCUT2D eigenvalue weighted by Gasteiger charge is 2.33. The number of non-ortho nitro benzene ring substituents is 1. The van der Waals surface area contributed by atoms with Crippen LogP contribution in [0.5, 0.6) is 0 Å². The van der Waals surface area contributed by atoms with E-state index in [1.165, 1.54) is 0 Å². The van der Waals surface area contributed by atoms with E-state index in [0.717, 1.165) is 46.0 Å². The number of nitrogens with zero attached hydrogens (tertiary/aromatic N) is 3. The minimum Gasteiger partial charge on any atom is -0.445 e. The number of rotatable bonds is 5. The summed E-state index contributed by atoms with van der Waals surface area (Å²) in [5.74, 6) is 0.711. The highest BCUT2D eigenvalue weighted by molar-refractivity contribution is 5.93. The maximum atomic E-state index is 12.8. The summed E-state index contributed by atoms with van der Waals surface area (Å²) in [5.41, 5.74) is 4.66. The Morgan fingerprint density at radius 2 is 1.97 bits per heavy atom. The van der Waals surface area contributed by atoms with Gasteiger partial charge in [-0.2, -0.15) is 0 Å². The van der Waals surface area contributed by atoms with E-state index in [1.54, 1.807) is 17.2 Å². The van der Waals surface area contributed by atoms with Gasteiger partial charge in [0.05, 0.1) is 22.0 Å². The predicted molar refractivity (Wildman–Crippen MR) is 135 cm³/mol. The molecule has 0 bridgehead atoms. The number of hydrogen-bond donors (Lipinski definition) is 2. The topological polar surface area (TPSA) is 117 Å². The molecule has 0 saturated carbocycles. The maximum absolute atomic E-state index is 12.8. The van der Waals surface area contributed by atoms with Gasteiger partial charge in [0.1, 0.15) is 17.9 Å². The third-order valence-electron chi connectivity index (χ3n) is 6.68. The van der Waals surface area contributed by atoms with Gasteiger partial charge in [-0.05, 0) is 53.8 Å². The summed E-state index contributed by atoms with van der Waals surface area (Å²) in [6, 6.07) is 20.5. The number of nitrogens with one attached hydrogen (secondary N) is 2. The van der Waals surface area contributed by atoms with E-state index in [-0.39, 0.29) is 29.4 Å². The fraction of sp³-hybridized carbons (Fsp3) is 0.185. The summed E-state index contributed by atoms with van der Waals surface area (Å²) in [6.07, 6.45) is 3.01. The number of carbonyl (C=O) groups is 1. The first kappa shape index (κ1) is 21.8. The normalized spacial score (nSPS) is 15.6. The number of aromatic nitrogens is 3. The fourth-order valence-corrected chi connectivity index (χ4v) is 4.90. The van der Waals surface area contributed by atoms with Crippen LogP contribution in [0.3, 0.4) is 0 Å². The molecular weight excluding hydrogens is 458 g/mol. The number of aromatic amines is 2. The first-order valence-corrected chi connectivity index (χ1v) is 11.8. The number of fused-ring (bicyclic) bond motifs is 2. The van der Waals surface area contributed by atoms with E-state index in [0.29, 0.717) is 17.9 Å². The van der Waals surface area contributed by atoms with Crippen LogP contribution in [0.2, 0.25) is 0 Å². The zero-order valence-electron chi connectivity index (χ0n) is 19.3. The van der Waals surface area contributed by atoms with Crippen molar-refractivity contribution in [3.63, 3.8) is 0 Å². The van der Waals surface area contributed by atoms with Gasteiger partial charge in [0, 0.05) is 24.2 Å². The molecule has 0 aliphatic carbocycles. The van der Waals surface area contributed by atoms with Crippen molar-refractivity contribution < 1.29 is 14.5 Å². The van der Waals surface area contributed by atoms with E-state index in [9.17, 15) is 14.9 Å². The van der Waals surface area contributed by atoms with E-state index in [4.69, 9.17) is 9.72 Å². The molecule has 1 atom stereocenters. The number of likely N-dealkylation sites (tertiary alicyclic amines) is 1. The molecule has 1 saturated heterocycles. The number of imidazole rings is 1. The molecule has 36 heavy (non-hydrogen) atoms. The monoisotopic (exact) mass is 481 g/mol. The van der Waals surface area contributed by atoms with Crippen LogP contribution in [0.4, 0.5) is 10.5 Å². The molecular formula is C27H23N5O4. The Hall–Kier alpha value is -4.66. The van der Waals surface area contributed by atoms with E-state index >= 15 is 0 Å². The molecule has 6 rings (SSSR count). The van der Waals surface area contributed by atoms with Gasteiger partial charge in [0.25, 0.3) is 5.69 Å². The molecule has 1 unspecified atom stereocenters. The molecule has 180 valence electrons. The molecule has 3 heterocycles. The summed E-state index contributed by atoms with van der Waals surface area (Å²) < 4.78 is 5.56. The standard InChI is InChI=1S/C27H23N5O4/c33-27(36-16-17-5-2-1-3-6-17)31-12-4-7-23(31)26-29-21-9-8-18(14-22(21)30-26)20-13-19-10-11-28-25(19)24(15-20)32(34)35/h1-3,5-6,8-11,13-15,23,28H,4,7,12,16H2,(H,29,30). The molecule has 1 aliphatic heterocycles. The lowest BCUT2D eigenvalue weighted by Gasteiger charge is -2.22. The molecule has 9 nitrogen and oxygen atoms in total. The largest absolute Gasteiger partial charge is 0.445 e. The van der Waals surface area contributed by atoms with Gasteiger partial charge in [-0.25, -0.2) is 9.78 Å². The second-order valence-corrected chi connectivity index (χ2v) is 8.94. The zero-order valence-corrected chi connectivity index (χ0v) is 19.3. The highest BCUT2D eigenvalue weighted by Crippen LogP contribution is 2.35. The molecule has 1 fully saturated rings. The Kier molecular flexibility index (Phi) is 5.37. The fourth-order valence-electron chi connectivity index (χ4n) is 4.90. The van der Waals surface area contributed by atoms with E-state index in [2.05, 4.69) is 9.97 Å². The molecule has 1 aliphatic rings. The Labute approximate surface area is 205 Å². The smallest absolute Gasteiger partial charge is 0.410 e. The third kappa shape index (κ3) is 3.94. The van der Waals surface area contributed by atoms with Crippen LogP contribution < -0.4 is 0 Å². The van der Waals surface area contributed by atoms with Crippen LogP contribution in [0.1, 0.15) is 30.3 Å². The van der Waals surface area contributed by atoms with Crippen LogP contribution in [-0.2, 0) is 11.3 Å². The quantitative estimate of drug-likeness (QED) is 0.233. The minimum atomic E-state index is -0.374. The van der Waals surface area contributed by atoms with Crippen LogP contribution in [0, 0.1) is 10.1 Å². The van der Waals surface area contributed by atoms with Crippen molar-refractivity contribution >= 4 is 33.7 Å². The molecule has 2 aromatic heterocycles. The summed E-state index contributed by atoms with van der Waals surface area (Å²) in [6.45, 7) is 0.838. The lowest BCUT2D eigenvalue weighted by molar-refractivity contribution is -0.383. The van der Waals surface area contributed by atoms with Crippen LogP contribution in [0.15, 0.2) is 72.9 Å². The van der Waals surface area contributed by atoms with Crippen molar-refractivity contribution in [1.82, 2.24) is 19.9 Å². The average Bonchev–Trinajstić information content (AvgIpc) is 3.65. The minimum absolute atomic E-state index is 0.0357. The average molecular weight is 482 g/mol. The summed E-state index contributed by atoms with van der Waals surface area (Å²) in [4.78, 5) is 36.9. The first-order valence-electron chi connectivity index (χ1n) is 11.8. The van der Waals surface area contributed by atoms with Crippen LogP contribution in [-0.4, -0.2) is 37.4 Å². The number of H-pyrrole nitrogens is 2. The summed E-state index contributed by atoms with van der Waals surface area (Å²) in [5, 5.41) is 12.4. The Morgan fingerprint density at radius 1 is 1.11 bits per heavy atom. The van der Waals surface area contributed by atoms with Crippen molar-refractivity contribution in [3.8, 4) is 11.1 Å². The van der Waals surface area contributed by atoms with Crippen molar-refractivity contribution in [2.75, 3.05) is 6.54 Å². The van der Waals surface area contributed by atoms with E-state index < -0.39 is 0 Å². The Bertz CT molecular complexity index is 1590. The van der Waals surface area contributed by atoms with E-state index in [1.807, 2.05) is 60.7 Å². The number of nitro benzene ring substituents is 1. The van der Waals surface area contributed by atoms with Gasteiger partial charge in [0.15, 0.2) is 0 Å². The molecule has 2 N–H and O–H groups in total. The number of amides is 1. The molecule has 9 heteroatoms. The van der Waals surface area contributed by atoms with Crippen molar-refractivity contribution in [2.45, 2.75) is 25.5 Å². The second kappa shape index (κ2) is 8.84. The van der Waals surface area contributed by atoms with Gasteiger partial charge in [0.2, 0.25) is 0 Å². The second-order valence-electron chi connectivity index (χ2n) is 8.94. The van der Waals surface area contributed by atoms with Crippen LogP contribution in [0.25, 0.3) is 33.1 Å². The number of hydrogen-bond acceptors (Lipinski definition) is 5. The van der Waals surface area contributed by atoms with Gasteiger partial charge in [-0.15, -0.1) is 0 Å². The van der Waals surface area contributed by atoms with Crippen molar-refractivity contribution in [2.24, 2.45) is 0 Å². The molecule has 5 aromatic rings. The maximum Gasteiger partial charge on any atom is 0.410 e. The highest BCUT2D eigenvalue weighted by atomic mass is 16.6. The van der Waals surface area contributed by atoms with Gasteiger partial charge in [-0.1, -0.05) is 36.4 Å². The molecule has 1 amide bonds. The number of nitro groups is 1. The van der Waals surface area contributed by atoms with Crippen molar-refractivity contribution in [3.05, 3.63) is 94.4 Å². The number of carbonyl (C=O) groups excluding carboxylic acids is 1. The van der Waals surface area contributed by atoms with Crippen LogP contribution >= 0.6 is 0 Å².